The number of hydrogen-bond acceptors (Lipinski definition) is 4. The number of nitrogens with one attached hydrogen (secondary N) is 1. The van der Waals surface area contributed by atoms with Gasteiger partial charge in [0.2, 0.25) is 0 Å². The molecule has 0 bridgehead atoms. The Balaban J connectivity index is 1.97. The minimum Gasteiger partial charge on any atom is -0.409 e. The molecule has 0 aromatic rings. The summed E-state index contributed by atoms with van der Waals surface area (Å²) in [5.41, 5.74) is 5.40. The molecule has 1 saturated heterocycles. The highest BCUT2D eigenvalue weighted by Crippen LogP contribution is 2.15. The molecule has 5 nitrogen and oxygen atoms in total. The van der Waals surface area contributed by atoms with E-state index >= 15 is 0 Å². The van der Waals surface area contributed by atoms with E-state index in [9.17, 15) is 0 Å². The number of amidine groups is 1. The monoisotopic (exact) mass is 242 g/mol. The standard InChI is InChI=1S/C12H26N4O/c1-2-16-8-5-11(6-9-16)10-14-7-3-4-12(13)15-17/h11,14,17H,2-10H2,1H3,(H2,13,15). The van der Waals surface area contributed by atoms with Crippen molar-refractivity contribution in [1.82, 2.24) is 10.2 Å². The van der Waals surface area contributed by atoms with Gasteiger partial charge in [0.15, 0.2) is 0 Å². The molecule has 0 spiro atoms. The number of oxime groups is 1. The van der Waals surface area contributed by atoms with Gasteiger partial charge in [-0.2, -0.15) is 0 Å². The Morgan fingerprint density at radius 3 is 2.76 bits per heavy atom. The van der Waals surface area contributed by atoms with Gasteiger partial charge in [0.1, 0.15) is 5.84 Å². The van der Waals surface area contributed by atoms with Crippen LogP contribution in [0.15, 0.2) is 5.16 Å². The van der Waals surface area contributed by atoms with Gasteiger partial charge in [-0.3, -0.25) is 0 Å². The molecule has 0 unspecified atom stereocenters. The number of likely N-dealkylation sites (tertiary alicyclic amines) is 1. The molecule has 4 N–H and O–H groups in total. The summed E-state index contributed by atoms with van der Waals surface area (Å²) in [6.07, 6.45) is 4.21. The summed E-state index contributed by atoms with van der Waals surface area (Å²) in [6.45, 7) is 7.95. The molecule has 0 aliphatic carbocycles. The molecule has 1 fully saturated rings. The van der Waals surface area contributed by atoms with Crippen molar-refractivity contribution < 1.29 is 5.21 Å². The lowest BCUT2D eigenvalue weighted by atomic mass is 9.97. The van der Waals surface area contributed by atoms with Crippen LogP contribution in [-0.4, -0.2) is 48.7 Å². The minimum absolute atomic E-state index is 0.322. The van der Waals surface area contributed by atoms with Gasteiger partial charge in [-0.1, -0.05) is 12.1 Å². The fourth-order valence-electron chi connectivity index (χ4n) is 2.26. The van der Waals surface area contributed by atoms with Crippen molar-refractivity contribution in [3.05, 3.63) is 0 Å². The van der Waals surface area contributed by atoms with Crippen LogP contribution >= 0.6 is 0 Å². The molecule has 0 aromatic heterocycles. The van der Waals surface area contributed by atoms with E-state index in [1.54, 1.807) is 0 Å². The largest absolute Gasteiger partial charge is 0.409 e. The summed E-state index contributed by atoms with van der Waals surface area (Å²) in [5, 5.41) is 14.8. The Morgan fingerprint density at radius 2 is 2.18 bits per heavy atom. The van der Waals surface area contributed by atoms with Crippen molar-refractivity contribution in [3.8, 4) is 0 Å². The zero-order chi connectivity index (χ0) is 12.5. The zero-order valence-corrected chi connectivity index (χ0v) is 10.9. The van der Waals surface area contributed by atoms with E-state index in [2.05, 4.69) is 22.3 Å². The smallest absolute Gasteiger partial charge is 0.139 e. The second-order valence-electron chi connectivity index (χ2n) is 4.78. The quantitative estimate of drug-likeness (QED) is 0.203. The first-order chi connectivity index (χ1) is 8.26. The second-order valence-corrected chi connectivity index (χ2v) is 4.78. The first-order valence-corrected chi connectivity index (χ1v) is 6.65. The van der Waals surface area contributed by atoms with Gasteiger partial charge in [-0.05, 0) is 57.9 Å². The average Bonchev–Trinajstić information content (AvgIpc) is 2.38. The summed E-state index contributed by atoms with van der Waals surface area (Å²) in [4.78, 5) is 2.51. The number of piperidine rings is 1. The second kappa shape index (κ2) is 8.31. The van der Waals surface area contributed by atoms with Crippen molar-refractivity contribution in [1.29, 1.82) is 0 Å². The van der Waals surface area contributed by atoms with Crippen molar-refractivity contribution in [2.24, 2.45) is 16.8 Å². The van der Waals surface area contributed by atoms with Crippen LogP contribution in [0.1, 0.15) is 32.6 Å². The molecule has 0 aromatic carbocycles. The van der Waals surface area contributed by atoms with Crippen LogP contribution in [0.5, 0.6) is 0 Å². The average molecular weight is 242 g/mol. The van der Waals surface area contributed by atoms with Crippen LogP contribution in [-0.2, 0) is 0 Å². The van der Waals surface area contributed by atoms with E-state index in [0.717, 1.165) is 25.4 Å². The van der Waals surface area contributed by atoms with Crippen LogP contribution in [0.4, 0.5) is 0 Å². The van der Waals surface area contributed by atoms with Crippen LogP contribution in [0, 0.1) is 5.92 Å². The topological polar surface area (TPSA) is 73.9 Å². The third-order valence-electron chi connectivity index (χ3n) is 3.50. The van der Waals surface area contributed by atoms with E-state index in [1.165, 1.54) is 32.5 Å². The highest BCUT2D eigenvalue weighted by atomic mass is 16.4. The number of nitrogens with two attached hydrogens (primary N) is 1. The summed E-state index contributed by atoms with van der Waals surface area (Å²) in [6, 6.07) is 0. The Bertz CT molecular complexity index is 225. The highest BCUT2D eigenvalue weighted by molar-refractivity contribution is 5.79. The summed E-state index contributed by atoms with van der Waals surface area (Å²) >= 11 is 0. The lowest BCUT2D eigenvalue weighted by Crippen LogP contribution is -2.37. The normalized spacial score (nSPS) is 19.7. The predicted molar refractivity (Wildman–Crippen MR) is 70.4 cm³/mol. The minimum atomic E-state index is 0.322. The van der Waals surface area contributed by atoms with Gasteiger partial charge in [-0.15, -0.1) is 0 Å². The first kappa shape index (κ1) is 14.3. The van der Waals surface area contributed by atoms with Crippen LogP contribution in [0.3, 0.4) is 0 Å². The van der Waals surface area contributed by atoms with Crippen LogP contribution < -0.4 is 11.1 Å². The van der Waals surface area contributed by atoms with Crippen LogP contribution in [0.25, 0.3) is 0 Å². The van der Waals surface area contributed by atoms with Crippen molar-refractivity contribution in [3.63, 3.8) is 0 Å². The lowest BCUT2D eigenvalue weighted by molar-refractivity contribution is 0.190. The lowest BCUT2D eigenvalue weighted by Gasteiger charge is -2.31. The molecule has 100 valence electrons. The Kier molecular flexibility index (Phi) is 6.96. The summed E-state index contributed by atoms with van der Waals surface area (Å²) < 4.78 is 0. The van der Waals surface area contributed by atoms with E-state index in [-0.39, 0.29) is 0 Å². The molecule has 1 rings (SSSR count). The van der Waals surface area contributed by atoms with E-state index in [4.69, 9.17) is 10.9 Å². The number of hydrogen-bond donors (Lipinski definition) is 3. The van der Waals surface area contributed by atoms with Gasteiger partial charge < -0.3 is 21.2 Å². The maximum absolute atomic E-state index is 8.38. The SMILES string of the molecule is CCN1CCC(CNCCCC(N)=NO)CC1. The van der Waals surface area contributed by atoms with E-state index in [0.29, 0.717) is 12.3 Å². The Labute approximate surface area is 104 Å². The molecular formula is C12H26N4O. The van der Waals surface area contributed by atoms with E-state index in [1.807, 2.05) is 0 Å². The molecule has 5 heteroatoms. The molecule has 0 atom stereocenters. The van der Waals surface area contributed by atoms with Gasteiger partial charge in [0, 0.05) is 6.42 Å². The molecule has 1 heterocycles. The van der Waals surface area contributed by atoms with E-state index < -0.39 is 0 Å². The number of nitrogens with zero attached hydrogens (tertiary/aromatic N) is 2. The zero-order valence-electron chi connectivity index (χ0n) is 10.9. The molecular weight excluding hydrogens is 216 g/mol. The number of rotatable bonds is 7. The Morgan fingerprint density at radius 1 is 1.47 bits per heavy atom. The summed E-state index contributed by atoms with van der Waals surface area (Å²) in [7, 11) is 0. The molecule has 17 heavy (non-hydrogen) atoms. The molecule has 1 aliphatic heterocycles. The predicted octanol–water partition coefficient (Wildman–Crippen LogP) is 0.835. The molecule has 0 saturated carbocycles. The maximum atomic E-state index is 8.38. The van der Waals surface area contributed by atoms with Gasteiger partial charge in [0.05, 0.1) is 0 Å². The van der Waals surface area contributed by atoms with Gasteiger partial charge in [0.25, 0.3) is 0 Å². The summed E-state index contributed by atoms with van der Waals surface area (Å²) in [5.74, 6) is 1.14. The molecule has 0 amide bonds. The van der Waals surface area contributed by atoms with Crippen molar-refractivity contribution in [2.75, 3.05) is 32.7 Å². The van der Waals surface area contributed by atoms with Crippen LogP contribution in [0.2, 0.25) is 0 Å². The fraction of sp³-hybridized carbons (Fsp3) is 0.917. The van der Waals surface area contributed by atoms with Crippen molar-refractivity contribution in [2.45, 2.75) is 32.6 Å². The molecule has 0 radical (unpaired) electrons. The third-order valence-corrected chi connectivity index (χ3v) is 3.50. The third kappa shape index (κ3) is 5.89. The fourth-order valence-corrected chi connectivity index (χ4v) is 2.26. The Hall–Kier alpha value is -0.810. The highest BCUT2D eigenvalue weighted by Gasteiger charge is 2.17. The first-order valence-electron chi connectivity index (χ1n) is 6.65. The van der Waals surface area contributed by atoms with Crippen molar-refractivity contribution >= 4 is 5.84 Å². The van der Waals surface area contributed by atoms with Gasteiger partial charge in [-0.25, -0.2) is 0 Å². The maximum Gasteiger partial charge on any atom is 0.139 e. The van der Waals surface area contributed by atoms with Gasteiger partial charge >= 0.3 is 0 Å². The molecule has 1 aliphatic rings.